The minimum Gasteiger partial charge on any atom is -0.348 e. The van der Waals surface area contributed by atoms with Gasteiger partial charge in [-0.25, -0.2) is 0 Å². The molecule has 1 aliphatic rings. The molecule has 5 heteroatoms. The Labute approximate surface area is 185 Å². The number of aryl methyl sites for hydroxylation is 1. The average molecular weight is 421 g/mol. The molecule has 0 aromatic heterocycles. The summed E-state index contributed by atoms with van der Waals surface area (Å²) >= 11 is 0. The number of benzene rings is 2. The van der Waals surface area contributed by atoms with Gasteiger partial charge in [-0.05, 0) is 58.4 Å². The Bertz CT molecular complexity index is 944. The number of quaternary nitrogens is 1. The second kappa shape index (κ2) is 9.06. The fourth-order valence-corrected chi connectivity index (χ4v) is 4.65. The van der Waals surface area contributed by atoms with Crippen LogP contribution in [0.3, 0.4) is 0 Å². The summed E-state index contributed by atoms with van der Waals surface area (Å²) in [6.07, 6.45) is 3.47. The lowest BCUT2D eigenvalue weighted by molar-refractivity contribution is -0.787. The third-order valence-electron chi connectivity index (χ3n) is 5.58. The molecule has 1 fully saturated rings. The first-order valence-corrected chi connectivity index (χ1v) is 10.9. The third kappa shape index (κ3) is 6.53. The molecule has 2 amide bonds. The van der Waals surface area contributed by atoms with Gasteiger partial charge in [0.2, 0.25) is 0 Å². The molecule has 0 radical (unpaired) electrons. The summed E-state index contributed by atoms with van der Waals surface area (Å²) in [5, 5.41) is 8.38. The fraction of sp³-hybridized carbons (Fsp3) is 0.385. The zero-order chi connectivity index (χ0) is 22.6. The van der Waals surface area contributed by atoms with Crippen molar-refractivity contribution in [3.63, 3.8) is 0 Å². The highest BCUT2D eigenvalue weighted by Gasteiger charge is 2.42. The highest BCUT2D eigenvalue weighted by molar-refractivity contribution is 6.05. The zero-order valence-corrected chi connectivity index (χ0v) is 19.2. The molecule has 1 saturated heterocycles. The number of hydrogen-bond acceptors (Lipinski definition) is 2. The van der Waals surface area contributed by atoms with Crippen molar-refractivity contribution >= 4 is 17.9 Å². The molecule has 1 aliphatic heterocycles. The van der Waals surface area contributed by atoms with Crippen molar-refractivity contribution in [3.8, 4) is 0 Å². The second-order valence-electron chi connectivity index (χ2n) is 9.99. The normalized spacial score (nSPS) is 18.3. The average Bonchev–Trinajstić information content (AvgIpc) is 2.67. The molecule has 4 N–H and O–H groups in total. The van der Waals surface area contributed by atoms with E-state index < -0.39 is 0 Å². The van der Waals surface area contributed by atoms with Crippen molar-refractivity contribution in [2.45, 2.75) is 64.6 Å². The van der Waals surface area contributed by atoms with Gasteiger partial charge in [-0.1, -0.05) is 48.0 Å². The lowest BCUT2D eigenvalue weighted by Gasteiger charge is -2.43. The Morgan fingerprint density at radius 2 is 1.52 bits per heavy atom. The Morgan fingerprint density at radius 3 is 2.10 bits per heavy atom. The molecular formula is C26H34N3O2+. The van der Waals surface area contributed by atoms with Crippen molar-refractivity contribution in [1.82, 2.24) is 10.6 Å². The lowest BCUT2D eigenvalue weighted by Crippen LogP contribution is -3.06. The van der Waals surface area contributed by atoms with Crippen molar-refractivity contribution in [1.29, 1.82) is 0 Å². The van der Waals surface area contributed by atoms with E-state index in [2.05, 4.69) is 43.6 Å². The standard InChI is InChI=1S/C26H33N3O2/c1-18-11-13-19(14-12-18)15-22(28-23(30)20-9-7-6-8-10-20)24(31)27-21-16-25(2,3)29-26(4,5)17-21/h6-15,21,29H,16-17H2,1-5H3,(H,27,31)(H,28,30)/p+1/b22-15-. The van der Waals surface area contributed by atoms with Crippen LogP contribution in [0.15, 0.2) is 60.3 Å². The van der Waals surface area contributed by atoms with Crippen LogP contribution in [0, 0.1) is 6.92 Å². The summed E-state index contributed by atoms with van der Waals surface area (Å²) in [5.74, 6) is -0.560. The minimum atomic E-state index is -0.299. The summed E-state index contributed by atoms with van der Waals surface area (Å²) < 4.78 is 0. The van der Waals surface area contributed by atoms with Gasteiger partial charge in [0.25, 0.3) is 11.8 Å². The van der Waals surface area contributed by atoms with E-state index in [0.717, 1.165) is 24.0 Å². The molecule has 0 saturated carbocycles. The van der Waals surface area contributed by atoms with E-state index in [1.54, 1.807) is 30.3 Å². The number of amides is 2. The zero-order valence-electron chi connectivity index (χ0n) is 19.2. The molecule has 1 heterocycles. The Morgan fingerprint density at radius 1 is 0.935 bits per heavy atom. The van der Waals surface area contributed by atoms with E-state index in [-0.39, 0.29) is 34.6 Å². The number of carbonyl (C=O) groups is 2. The molecule has 0 spiro atoms. The second-order valence-corrected chi connectivity index (χ2v) is 9.99. The molecule has 0 aliphatic carbocycles. The molecule has 3 rings (SSSR count). The Kier molecular flexibility index (Phi) is 6.65. The van der Waals surface area contributed by atoms with E-state index in [4.69, 9.17) is 0 Å². The van der Waals surface area contributed by atoms with Crippen LogP contribution in [0.2, 0.25) is 0 Å². The van der Waals surface area contributed by atoms with Crippen LogP contribution < -0.4 is 16.0 Å². The minimum absolute atomic E-state index is 0.0355. The van der Waals surface area contributed by atoms with Gasteiger partial charge in [-0.15, -0.1) is 0 Å². The van der Waals surface area contributed by atoms with Crippen LogP contribution in [-0.4, -0.2) is 28.9 Å². The summed E-state index contributed by atoms with van der Waals surface area (Å²) in [6, 6.07) is 16.8. The van der Waals surface area contributed by atoms with Gasteiger partial charge in [0.05, 0.1) is 11.1 Å². The Hall–Kier alpha value is -2.92. The number of rotatable bonds is 5. The van der Waals surface area contributed by atoms with E-state index in [1.165, 1.54) is 0 Å². The van der Waals surface area contributed by atoms with Crippen molar-refractivity contribution in [2.24, 2.45) is 0 Å². The van der Waals surface area contributed by atoms with E-state index in [9.17, 15) is 9.59 Å². The maximum atomic E-state index is 13.3. The number of carbonyl (C=O) groups excluding carboxylic acids is 2. The summed E-state index contributed by atoms with van der Waals surface area (Å²) in [6.45, 7) is 10.8. The molecule has 164 valence electrons. The van der Waals surface area contributed by atoms with Crippen molar-refractivity contribution in [3.05, 3.63) is 77.0 Å². The topological polar surface area (TPSA) is 74.8 Å². The predicted octanol–water partition coefficient (Wildman–Crippen LogP) is 3.17. The van der Waals surface area contributed by atoms with Crippen molar-refractivity contribution < 1.29 is 14.9 Å². The van der Waals surface area contributed by atoms with Crippen LogP contribution in [0.1, 0.15) is 62.0 Å². The number of hydrogen-bond donors (Lipinski definition) is 3. The first kappa shape index (κ1) is 22.8. The summed E-state index contributed by atoms with van der Waals surface area (Å²) in [4.78, 5) is 26.0. The van der Waals surface area contributed by atoms with Crippen molar-refractivity contribution in [2.75, 3.05) is 0 Å². The van der Waals surface area contributed by atoms with Gasteiger partial charge in [-0.2, -0.15) is 0 Å². The van der Waals surface area contributed by atoms with Gasteiger partial charge in [-0.3, -0.25) is 9.59 Å². The van der Waals surface area contributed by atoms with Crippen LogP contribution in [0.4, 0.5) is 0 Å². The SMILES string of the molecule is Cc1ccc(/C=C(\NC(=O)c2ccccc2)C(=O)NC2CC(C)(C)[NH2+]C(C)(C)C2)cc1. The highest BCUT2D eigenvalue weighted by Crippen LogP contribution is 2.22. The molecule has 2 aromatic carbocycles. The molecule has 0 unspecified atom stereocenters. The van der Waals surface area contributed by atoms with Crippen LogP contribution >= 0.6 is 0 Å². The largest absolute Gasteiger partial charge is 0.348 e. The van der Waals surface area contributed by atoms with E-state index >= 15 is 0 Å². The first-order chi connectivity index (χ1) is 14.5. The van der Waals surface area contributed by atoms with E-state index in [0.29, 0.717) is 5.56 Å². The van der Waals surface area contributed by atoms with Crippen LogP contribution in [0.25, 0.3) is 6.08 Å². The molecule has 2 aromatic rings. The molecule has 0 atom stereocenters. The van der Waals surface area contributed by atoms with Crippen LogP contribution in [-0.2, 0) is 4.79 Å². The maximum absolute atomic E-state index is 13.3. The first-order valence-electron chi connectivity index (χ1n) is 10.9. The smallest absolute Gasteiger partial charge is 0.268 e. The summed E-state index contributed by atoms with van der Waals surface area (Å²) in [7, 11) is 0. The number of nitrogens with one attached hydrogen (secondary N) is 2. The fourth-order valence-electron chi connectivity index (χ4n) is 4.65. The van der Waals surface area contributed by atoms with Gasteiger partial charge >= 0.3 is 0 Å². The summed E-state index contributed by atoms with van der Waals surface area (Å²) in [5.41, 5.74) is 2.84. The van der Waals surface area contributed by atoms with Gasteiger partial charge in [0.15, 0.2) is 0 Å². The lowest BCUT2D eigenvalue weighted by atomic mass is 9.79. The monoisotopic (exact) mass is 420 g/mol. The van der Waals surface area contributed by atoms with Gasteiger partial charge in [0.1, 0.15) is 5.70 Å². The van der Waals surface area contributed by atoms with E-state index in [1.807, 2.05) is 37.3 Å². The predicted molar refractivity (Wildman–Crippen MR) is 124 cm³/mol. The van der Waals surface area contributed by atoms with Gasteiger partial charge in [0, 0.05) is 24.4 Å². The molecule has 5 nitrogen and oxygen atoms in total. The number of nitrogens with two attached hydrogens (primary N) is 1. The highest BCUT2D eigenvalue weighted by atomic mass is 16.2. The Balaban J connectivity index is 1.83. The molecular weight excluding hydrogens is 386 g/mol. The van der Waals surface area contributed by atoms with Crippen LogP contribution in [0.5, 0.6) is 0 Å². The van der Waals surface area contributed by atoms with Gasteiger partial charge < -0.3 is 16.0 Å². The quantitative estimate of drug-likeness (QED) is 0.650. The molecule has 0 bridgehead atoms. The maximum Gasteiger partial charge on any atom is 0.268 e. The number of piperidine rings is 1. The molecule has 31 heavy (non-hydrogen) atoms. The third-order valence-corrected chi connectivity index (χ3v) is 5.58.